The molecule has 0 saturated carbocycles. The summed E-state index contributed by atoms with van der Waals surface area (Å²) in [4.78, 5) is 0. The number of rotatable bonds is 2. The summed E-state index contributed by atoms with van der Waals surface area (Å²) >= 11 is 3.44. The van der Waals surface area contributed by atoms with Crippen molar-refractivity contribution >= 4 is 15.9 Å². The molecule has 0 amide bonds. The Hall–Kier alpha value is -0.380. The van der Waals surface area contributed by atoms with Crippen molar-refractivity contribution in [2.45, 2.75) is 12.5 Å². The Labute approximate surface area is 92.0 Å². The van der Waals surface area contributed by atoms with Gasteiger partial charge in [-0.15, -0.1) is 0 Å². The van der Waals surface area contributed by atoms with Crippen molar-refractivity contribution in [3.8, 4) is 0 Å². The van der Waals surface area contributed by atoms with Gasteiger partial charge < -0.3 is 9.84 Å². The van der Waals surface area contributed by atoms with Gasteiger partial charge in [0.15, 0.2) is 0 Å². The quantitative estimate of drug-likeness (QED) is 0.882. The average Bonchev–Trinajstić information content (AvgIpc) is 2.70. The average molecular weight is 257 g/mol. The molecule has 1 N–H and O–H groups in total. The standard InChI is InChI=1S/C11H13BrO2/c12-10-4-2-1-3-9(10)11(13)8-5-6-14-7-8/h1-4,8,11,13H,5-7H2/t8-,11-/m1/s1. The molecule has 0 aromatic heterocycles. The number of ether oxygens (including phenoxy) is 1. The summed E-state index contributed by atoms with van der Waals surface area (Å²) in [5, 5.41) is 10.1. The topological polar surface area (TPSA) is 29.5 Å². The fourth-order valence-electron chi connectivity index (χ4n) is 1.77. The second-order valence-corrected chi connectivity index (χ2v) is 4.44. The molecular weight excluding hydrogens is 244 g/mol. The van der Waals surface area contributed by atoms with Gasteiger partial charge in [0.1, 0.15) is 0 Å². The Morgan fingerprint density at radius 1 is 1.43 bits per heavy atom. The second-order valence-electron chi connectivity index (χ2n) is 3.59. The highest BCUT2D eigenvalue weighted by atomic mass is 79.9. The molecule has 1 aromatic carbocycles. The molecule has 1 aliphatic rings. The highest BCUT2D eigenvalue weighted by Gasteiger charge is 2.26. The first-order valence-electron chi connectivity index (χ1n) is 4.79. The smallest absolute Gasteiger partial charge is 0.0851 e. The molecule has 0 aliphatic carbocycles. The lowest BCUT2D eigenvalue weighted by molar-refractivity contribution is 0.0913. The first-order valence-corrected chi connectivity index (χ1v) is 5.58. The minimum atomic E-state index is -0.409. The fourth-order valence-corrected chi connectivity index (χ4v) is 2.29. The molecule has 0 radical (unpaired) electrons. The Morgan fingerprint density at radius 2 is 2.21 bits per heavy atom. The van der Waals surface area contributed by atoms with E-state index in [1.807, 2.05) is 24.3 Å². The molecule has 1 fully saturated rings. The number of halogens is 1. The fraction of sp³-hybridized carbons (Fsp3) is 0.455. The van der Waals surface area contributed by atoms with Crippen LogP contribution in [0.25, 0.3) is 0 Å². The zero-order valence-corrected chi connectivity index (χ0v) is 9.40. The van der Waals surface area contributed by atoms with E-state index in [-0.39, 0.29) is 5.92 Å². The van der Waals surface area contributed by atoms with Gasteiger partial charge in [0.05, 0.1) is 12.7 Å². The van der Waals surface area contributed by atoms with E-state index in [2.05, 4.69) is 15.9 Å². The molecule has 1 aromatic rings. The van der Waals surface area contributed by atoms with Crippen LogP contribution in [0.3, 0.4) is 0 Å². The third kappa shape index (κ3) is 2.00. The van der Waals surface area contributed by atoms with Crippen LogP contribution in [0.15, 0.2) is 28.7 Å². The number of aliphatic hydroxyl groups is 1. The highest BCUT2D eigenvalue weighted by Crippen LogP contribution is 2.32. The lowest BCUT2D eigenvalue weighted by Crippen LogP contribution is -2.12. The van der Waals surface area contributed by atoms with Crippen molar-refractivity contribution < 1.29 is 9.84 Å². The maximum atomic E-state index is 10.1. The summed E-state index contributed by atoms with van der Waals surface area (Å²) < 4.78 is 6.24. The largest absolute Gasteiger partial charge is 0.388 e. The van der Waals surface area contributed by atoms with E-state index >= 15 is 0 Å². The van der Waals surface area contributed by atoms with Crippen molar-refractivity contribution in [1.82, 2.24) is 0 Å². The van der Waals surface area contributed by atoms with E-state index < -0.39 is 6.10 Å². The molecule has 2 atom stereocenters. The minimum absolute atomic E-state index is 0.244. The van der Waals surface area contributed by atoms with Crippen molar-refractivity contribution in [2.24, 2.45) is 5.92 Å². The van der Waals surface area contributed by atoms with Gasteiger partial charge in [-0.25, -0.2) is 0 Å². The van der Waals surface area contributed by atoms with Crippen LogP contribution in [0, 0.1) is 5.92 Å². The first kappa shape index (κ1) is 10.1. The minimum Gasteiger partial charge on any atom is -0.388 e. The van der Waals surface area contributed by atoms with Gasteiger partial charge in [-0.1, -0.05) is 34.1 Å². The van der Waals surface area contributed by atoms with Gasteiger partial charge in [0.2, 0.25) is 0 Å². The van der Waals surface area contributed by atoms with Gasteiger partial charge in [-0.2, -0.15) is 0 Å². The highest BCUT2D eigenvalue weighted by molar-refractivity contribution is 9.10. The summed E-state index contributed by atoms with van der Waals surface area (Å²) in [6.45, 7) is 1.44. The van der Waals surface area contributed by atoms with E-state index in [9.17, 15) is 5.11 Å². The van der Waals surface area contributed by atoms with Crippen molar-refractivity contribution in [1.29, 1.82) is 0 Å². The Morgan fingerprint density at radius 3 is 2.86 bits per heavy atom. The summed E-state index contributed by atoms with van der Waals surface area (Å²) in [6, 6.07) is 7.80. The Balaban J connectivity index is 2.17. The molecule has 2 rings (SSSR count). The molecule has 1 saturated heterocycles. The third-order valence-corrected chi connectivity index (χ3v) is 3.36. The van der Waals surface area contributed by atoms with Gasteiger partial charge in [0.25, 0.3) is 0 Å². The van der Waals surface area contributed by atoms with E-state index in [4.69, 9.17) is 4.74 Å². The predicted octanol–water partition coefficient (Wildman–Crippen LogP) is 2.52. The van der Waals surface area contributed by atoms with Crippen molar-refractivity contribution in [3.63, 3.8) is 0 Å². The molecule has 0 bridgehead atoms. The van der Waals surface area contributed by atoms with Crippen LogP contribution in [0.2, 0.25) is 0 Å². The summed E-state index contributed by atoms with van der Waals surface area (Å²) in [7, 11) is 0. The lowest BCUT2D eigenvalue weighted by atomic mass is 9.95. The second kappa shape index (κ2) is 4.43. The Kier molecular flexibility index (Phi) is 3.21. The van der Waals surface area contributed by atoms with Crippen LogP contribution in [0.1, 0.15) is 18.1 Å². The molecule has 1 aliphatic heterocycles. The Bertz CT molecular complexity index is 308. The molecule has 76 valence electrons. The van der Waals surface area contributed by atoms with E-state index in [0.29, 0.717) is 6.61 Å². The van der Waals surface area contributed by atoms with E-state index in [1.54, 1.807) is 0 Å². The monoisotopic (exact) mass is 256 g/mol. The number of benzene rings is 1. The van der Waals surface area contributed by atoms with Gasteiger partial charge >= 0.3 is 0 Å². The molecule has 0 spiro atoms. The SMILES string of the molecule is O[C@@H](c1ccccc1Br)[C@@H]1CCOC1. The zero-order valence-electron chi connectivity index (χ0n) is 7.82. The van der Waals surface area contributed by atoms with Crippen molar-refractivity contribution in [2.75, 3.05) is 13.2 Å². The molecule has 1 heterocycles. The third-order valence-electron chi connectivity index (χ3n) is 2.64. The summed E-state index contributed by atoms with van der Waals surface area (Å²) in [6.07, 6.45) is 0.538. The number of hydrogen-bond acceptors (Lipinski definition) is 2. The maximum absolute atomic E-state index is 10.1. The molecule has 2 nitrogen and oxygen atoms in total. The van der Waals surface area contributed by atoms with Crippen molar-refractivity contribution in [3.05, 3.63) is 34.3 Å². The predicted molar refractivity (Wildman–Crippen MR) is 58.0 cm³/mol. The van der Waals surface area contributed by atoms with Gasteiger partial charge in [-0.05, 0) is 18.1 Å². The normalized spacial score (nSPS) is 23.7. The number of hydrogen-bond donors (Lipinski definition) is 1. The molecule has 0 unspecified atom stereocenters. The van der Waals surface area contributed by atoms with Crippen LogP contribution >= 0.6 is 15.9 Å². The first-order chi connectivity index (χ1) is 6.79. The van der Waals surface area contributed by atoms with Crippen LogP contribution in [0.4, 0.5) is 0 Å². The van der Waals surface area contributed by atoms with E-state index in [1.165, 1.54) is 0 Å². The lowest BCUT2D eigenvalue weighted by Gasteiger charge is -2.17. The zero-order chi connectivity index (χ0) is 9.97. The van der Waals surface area contributed by atoms with Crippen LogP contribution in [-0.4, -0.2) is 18.3 Å². The maximum Gasteiger partial charge on any atom is 0.0851 e. The molecular formula is C11H13BrO2. The molecule has 3 heteroatoms. The van der Waals surface area contributed by atoms with Crippen LogP contribution in [-0.2, 0) is 4.74 Å². The summed E-state index contributed by atoms with van der Waals surface area (Å²) in [5.74, 6) is 0.244. The van der Waals surface area contributed by atoms with E-state index in [0.717, 1.165) is 23.1 Å². The van der Waals surface area contributed by atoms with Crippen LogP contribution in [0.5, 0.6) is 0 Å². The van der Waals surface area contributed by atoms with Crippen LogP contribution < -0.4 is 0 Å². The molecule has 14 heavy (non-hydrogen) atoms. The van der Waals surface area contributed by atoms with Gasteiger partial charge in [-0.3, -0.25) is 0 Å². The number of aliphatic hydroxyl groups excluding tert-OH is 1. The van der Waals surface area contributed by atoms with Gasteiger partial charge in [0, 0.05) is 17.0 Å². The summed E-state index contributed by atoms with van der Waals surface area (Å²) in [5.41, 5.74) is 0.961.